The van der Waals surface area contributed by atoms with Crippen LogP contribution in [0.4, 0.5) is 5.69 Å². The highest BCUT2D eigenvalue weighted by Crippen LogP contribution is 2.20. The summed E-state index contributed by atoms with van der Waals surface area (Å²) in [6, 6.07) is 9.11. The quantitative estimate of drug-likeness (QED) is 0.794. The average molecular weight is 339 g/mol. The van der Waals surface area contributed by atoms with Gasteiger partial charge >= 0.3 is 0 Å². The zero-order valence-corrected chi connectivity index (χ0v) is 14.8. The minimum atomic E-state index is -0.348. The highest BCUT2D eigenvalue weighted by Gasteiger charge is 2.22. The van der Waals surface area contributed by atoms with Crippen molar-refractivity contribution in [3.05, 3.63) is 52.6 Å². The molecule has 1 N–H and O–H groups in total. The number of anilines is 1. The van der Waals surface area contributed by atoms with Crippen LogP contribution in [0.5, 0.6) is 0 Å². The van der Waals surface area contributed by atoms with Crippen LogP contribution in [-0.2, 0) is 16.9 Å². The lowest BCUT2D eigenvalue weighted by molar-refractivity contribution is -0.117. The number of rotatable bonds is 3. The molecule has 0 unspecified atom stereocenters. The number of para-hydroxylation sites is 1. The van der Waals surface area contributed by atoms with E-state index in [1.165, 1.54) is 4.68 Å². The van der Waals surface area contributed by atoms with Crippen molar-refractivity contribution >= 4 is 22.5 Å². The summed E-state index contributed by atoms with van der Waals surface area (Å²) in [5, 5.41) is 12.1. The molecule has 7 heteroatoms. The number of nitrogens with one attached hydrogen (secondary N) is 1. The molecule has 130 valence electrons. The average Bonchev–Trinajstić information content (AvgIpc) is 2.99. The summed E-state index contributed by atoms with van der Waals surface area (Å²) in [5.74, 6) is -0.304. The largest absolute Gasteiger partial charge is 0.324 e. The Bertz CT molecular complexity index is 980. The molecule has 1 aromatic carbocycles. The fourth-order valence-electron chi connectivity index (χ4n) is 2.70. The first-order chi connectivity index (χ1) is 11.8. The summed E-state index contributed by atoms with van der Waals surface area (Å²) < 4.78 is 2.88. The molecule has 7 nitrogen and oxygen atoms in total. The second kappa shape index (κ2) is 6.16. The Labute approximate surface area is 145 Å². The maximum atomic E-state index is 12.9. The topological polar surface area (TPSA) is 81.8 Å². The first kappa shape index (κ1) is 16.9. The summed E-state index contributed by atoms with van der Waals surface area (Å²) in [6.07, 6.45) is 1.65. The third-order valence-electron chi connectivity index (χ3n) is 3.85. The summed E-state index contributed by atoms with van der Waals surface area (Å²) in [7, 11) is 0. The zero-order valence-electron chi connectivity index (χ0n) is 14.8. The third kappa shape index (κ3) is 3.31. The minimum absolute atomic E-state index is 0.153. The van der Waals surface area contributed by atoms with Crippen molar-refractivity contribution in [3.63, 3.8) is 0 Å². The van der Waals surface area contributed by atoms with Gasteiger partial charge in [0.1, 0.15) is 12.1 Å². The van der Waals surface area contributed by atoms with E-state index in [0.717, 1.165) is 0 Å². The Morgan fingerprint density at radius 2 is 1.88 bits per heavy atom. The molecule has 0 radical (unpaired) electrons. The first-order valence-corrected chi connectivity index (χ1v) is 8.08. The van der Waals surface area contributed by atoms with Crippen LogP contribution in [0, 0.1) is 6.92 Å². The van der Waals surface area contributed by atoms with E-state index >= 15 is 0 Å². The molecular formula is C18H21N5O2. The summed E-state index contributed by atoms with van der Waals surface area (Å²) in [5.41, 5.74) is 1.14. The molecule has 2 heterocycles. The molecule has 25 heavy (non-hydrogen) atoms. The molecule has 1 amide bonds. The highest BCUT2D eigenvalue weighted by molar-refractivity contribution is 5.90. The van der Waals surface area contributed by atoms with E-state index in [4.69, 9.17) is 0 Å². The maximum Gasteiger partial charge on any atom is 0.293 e. The van der Waals surface area contributed by atoms with Crippen LogP contribution in [0.1, 0.15) is 26.5 Å². The fraction of sp³-hybridized carbons (Fsp3) is 0.333. The Morgan fingerprint density at radius 1 is 1.20 bits per heavy atom. The van der Waals surface area contributed by atoms with Gasteiger partial charge in [0.25, 0.3) is 5.56 Å². The summed E-state index contributed by atoms with van der Waals surface area (Å²) >= 11 is 0. The number of carbonyl (C=O) groups excluding carboxylic acids is 1. The summed E-state index contributed by atoms with van der Waals surface area (Å²) in [6.45, 7) is 7.57. The van der Waals surface area contributed by atoms with E-state index in [9.17, 15) is 9.59 Å². The van der Waals surface area contributed by atoms with Gasteiger partial charge < -0.3 is 5.32 Å². The van der Waals surface area contributed by atoms with Crippen molar-refractivity contribution < 1.29 is 4.79 Å². The Morgan fingerprint density at radius 3 is 2.52 bits per heavy atom. The van der Waals surface area contributed by atoms with Gasteiger partial charge in [0.15, 0.2) is 0 Å². The number of hydrogen-bond donors (Lipinski definition) is 1. The van der Waals surface area contributed by atoms with Crippen molar-refractivity contribution in [2.45, 2.75) is 39.8 Å². The SMILES string of the molecule is Cc1nn(CC(=O)Nc2ccccc2)c(=O)c2c1cnn2C(C)(C)C. The van der Waals surface area contributed by atoms with Crippen LogP contribution in [0.15, 0.2) is 41.3 Å². The van der Waals surface area contributed by atoms with Gasteiger partial charge in [0.2, 0.25) is 5.91 Å². The number of aromatic nitrogens is 4. The van der Waals surface area contributed by atoms with E-state index in [1.807, 2.05) is 45.9 Å². The number of nitrogens with zero attached hydrogens (tertiary/aromatic N) is 4. The van der Waals surface area contributed by atoms with Crippen LogP contribution in [-0.4, -0.2) is 25.5 Å². The van der Waals surface area contributed by atoms with Crippen LogP contribution in [0.3, 0.4) is 0 Å². The highest BCUT2D eigenvalue weighted by atomic mass is 16.2. The molecule has 3 aromatic rings. The molecule has 0 bridgehead atoms. The number of carbonyl (C=O) groups is 1. The monoisotopic (exact) mass is 339 g/mol. The minimum Gasteiger partial charge on any atom is -0.324 e. The molecular weight excluding hydrogens is 318 g/mol. The van der Waals surface area contributed by atoms with E-state index in [0.29, 0.717) is 22.3 Å². The van der Waals surface area contributed by atoms with Crippen LogP contribution < -0.4 is 10.9 Å². The third-order valence-corrected chi connectivity index (χ3v) is 3.85. The van der Waals surface area contributed by atoms with Gasteiger partial charge in [-0.15, -0.1) is 0 Å². The van der Waals surface area contributed by atoms with E-state index in [2.05, 4.69) is 15.5 Å². The van der Waals surface area contributed by atoms with Crippen molar-refractivity contribution in [1.82, 2.24) is 19.6 Å². The standard InChI is InChI=1S/C18H21N5O2/c1-12-14-10-19-23(18(2,3)4)16(14)17(25)22(21-12)11-15(24)20-13-8-6-5-7-9-13/h5-10H,11H2,1-4H3,(H,20,24). The predicted molar refractivity (Wildman–Crippen MR) is 96.6 cm³/mol. The van der Waals surface area contributed by atoms with Crippen molar-refractivity contribution in [2.24, 2.45) is 0 Å². The van der Waals surface area contributed by atoms with Crippen LogP contribution in [0.2, 0.25) is 0 Å². The molecule has 0 atom stereocenters. The number of amides is 1. The molecule has 3 rings (SSSR count). The number of aryl methyl sites for hydroxylation is 1. The molecule has 0 aliphatic heterocycles. The molecule has 0 saturated carbocycles. The van der Waals surface area contributed by atoms with Crippen LogP contribution >= 0.6 is 0 Å². The lowest BCUT2D eigenvalue weighted by Crippen LogP contribution is -2.33. The van der Waals surface area contributed by atoms with Gasteiger partial charge in [0.05, 0.1) is 17.4 Å². The maximum absolute atomic E-state index is 12.9. The van der Waals surface area contributed by atoms with Gasteiger partial charge in [-0.25, -0.2) is 4.68 Å². The van der Waals surface area contributed by atoms with Crippen molar-refractivity contribution in [2.75, 3.05) is 5.32 Å². The molecule has 0 spiro atoms. The van der Waals surface area contributed by atoms with Gasteiger partial charge in [-0.05, 0) is 39.8 Å². The molecule has 2 aromatic heterocycles. The van der Waals surface area contributed by atoms with Gasteiger partial charge in [-0.2, -0.15) is 10.2 Å². The Balaban J connectivity index is 1.98. The van der Waals surface area contributed by atoms with Gasteiger partial charge in [-0.1, -0.05) is 18.2 Å². The predicted octanol–water partition coefficient (Wildman–Crippen LogP) is 2.30. The lowest BCUT2D eigenvalue weighted by atomic mass is 10.1. The first-order valence-electron chi connectivity index (χ1n) is 8.08. The molecule has 0 saturated heterocycles. The molecule has 0 fully saturated rings. The van der Waals surface area contributed by atoms with E-state index in [1.54, 1.807) is 23.0 Å². The second-order valence-electron chi connectivity index (χ2n) is 6.95. The summed E-state index contributed by atoms with van der Waals surface area (Å²) in [4.78, 5) is 25.1. The van der Waals surface area contributed by atoms with Gasteiger partial charge in [-0.3, -0.25) is 14.3 Å². The van der Waals surface area contributed by atoms with Gasteiger partial charge in [0, 0.05) is 11.1 Å². The normalized spacial score (nSPS) is 11.7. The van der Waals surface area contributed by atoms with Crippen molar-refractivity contribution in [1.29, 1.82) is 0 Å². The Kier molecular flexibility index (Phi) is 4.16. The van der Waals surface area contributed by atoms with Crippen molar-refractivity contribution in [3.8, 4) is 0 Å². The fourth-order valence-corrected chi connectivity index (χ4v) is 2.70. The Hall–Kier alpha value is -2.96. The van der Waals surface area contributed by atoms with Crippen LogP contribution in [0.25, 0.3) is 10.9 Å². The second-order valence-corrected chi connectivity index (χ2v) is 6.95. The lowest BCUT2D eigenvalue weighted by Gasteiger charge is -2.20. The number of benzene rings is 1. The molecule has 0 aliphatic rings. The van der Waals surface area contributed by atoms with E-state index in [-0.39, 0.29) is 23.6 Å². The number of hydrogen-bond acceptors (Lipinski definition) is 4. The van der Waals surface area contributed by atoms with E-state index < -0.39 is 0 Å². The zero-order chi connectivity index (χ0) is 18.2. The number of fused-ring (bicyclic) bond motifs is 1. The molecule has 0 aliphatic carbocycles. The smallest absolute Gasteiger partial charge is 0.293 e.